The van der Waals surface area contributed by atoms with Gasteiger partial charge in [-0.3, -0.25) is 0 Å². The number of carbonyl (C=O) groups excluding carboxylic acids is 2. The lowest BCUT2D eigenvalue weighted by Gasteiger charge is -2.63. The number of alkyl carbamates (subject to hydrolysis) is 1. The highest BCUT2D eigenvalue weighted by Gasteiger charge is 2.84. The van der Waals surface area contributed by atoms with Crippen LogP contribution in [0.15, 0.2) is 0 Å². The van der Waals surface area contributed by atoms with Crippen LogP contribution in [0, 0.1) is 56.7 Å². The van der Waals surface area contributed by atoms with Crippen molar-refractivity contribution in [1.82, 2.24) is 10.6 Å². The van der Waals surface area contributed by atoms with E-state index in [4.69, 9.17) is 19.9 Å². The first-order valence-corrected chi connectivity index (χ1v) is 17.6. The molecule has 2 aliphatic heterocycles. The summed E-state index contributed by atoms with van der Waals surface area (Å²) in [6.07, 6.45) is 5.93. The fourth-order valence-corrected chi connectivity index (χ4v) is 13.2. The monoisotopic (exact) mass is 615 g/mol. The summed E-state index contributed by atoms with van der Waals surface area (Å²) < 4.78 is 18.6. The van der Waals surface area contributed by atoms with Crippen LogP contribution < -0.4 is 16.4 Å². The lowest BCUT2D eigenvalue weighted by atomic mass is 9.41. The summed E-state index contributed by atoms with van der Waals surface area (Å²) in [7, 11) is 0. The molecule has 2 amide bonds. The van der Waals surface area contributed by atoms with Crippen LogP contribution in [-0.4, -0.2) is 66.9 Å². The number of nitrogens with one attached hydrogen (secondary N) is 2. The van der Waals surface area contributed by atoms with Crippen LogP contribution in [0.3, 0.4) is 0 Å². The normalized spacial score (nSPS) is 50.9. The molecular weight excluding hydrogens is 558 g/mol. The molecule has 13 atom stereocenters. The van der Waals surface area contributed by atoms with Crippen molar-refractivity contribution in [3.63, 3.8) is 0 Å². The standard InChI is InChI=1S/C35H57N3O6/c1-18(2)26(44-29(36)40)21-14-19(3)25-27(42-21)28(39)33(7)23-9-8-22-31(4,5)24(43-30(41)38-20-15-37-16-20)10-11-34(22)17-35(23,34)13-12-32(25,33)6/h18-28,37,39H,8-17H2,1-7H3,(H2,36,40)(H,38,41)/t19-,21-,22+,23+,24+,25+,26-,27+,28+,32-,33-,34-,35+/m1/s1. The zero-order valence-corrected chi connectivity index (χ0v) is 28.0. The van der Waals surface area contributed by atoms with Crippen molar-refractivity contribution in [2.45, 2.75) is 136 Å². The van der Waals surface area contributed by atoms with Gasteiger partial charge in [-0.1, -0.05) is 48.5 Å². The smallest absolute Gasteiger partial charge is 0.407 e. The Balaban J connectivity index is 1.14. The number of amides is 2. The number of primary amides is 1. The number of aliphatic hydroxyl groups is 1. The molecule has 7 fully saturated rings. The van der Waals surface area contributed by atoms with Crippen LogP contribution in [0.4, 0.5) is 9.59 Å². The van der Waals surface area contributed by atoms with Gasteiger partial charge in [-0.2, -0.15) is 0 Å². The third-order valence-electron chi connectivity index (χ3n) is 15.4. The average Bonchev–Trinajstić information content (AvgIpc) is 3.55. The van der Waals surface area contributed by atoms with Crippen LogP contribution in [0.2, 0.25) is 0 Å². The fraction of sp³-hybridized carbons (Fsp3) is 0.943. The molecule has 0 unspecified atom stereocenters. The minimum atomic E-state index is -0.765. The van der Waals surface area contributed by atoms with E-state index in [0.717, 1.165) is 51.6 Å². The van der Waals surface area contributed by atoms with Gasteiger partial charge in [0.25, 0.3) is 0 Å². The van der Waals surface area contributed by atoms with Crippen molar-refractivity contribution in [3.8, 4) is 0 Å². The molecule has 0 aromatic rings. The number of hydrogen-bond acceptors (Lipinski definition) is 7. The van der Waals surface area contributed by atoms with Gasteiger partial charge in [-0.25, -0.2) is 9.59 Å². The van der Waals surface area contributed by atoms with Gasteiger partial charge < -0.3 is 35.7 Å². The van der Waals surface area contributed by atoms with E-state index >= 15 is 0 Å². The second-order valence-electron chi connectivity index (χ2n) is 17.6. The summed E-state index contributed by atoms with van der Waals surface area (Å²) in [4.78, 5) is 24.6. The predicted molar refractivity (Wildman–Crippen MR) is 165 cm³/mol. The Bertz CT molecular complexity index is 1190. The molecule has 5 saturated carbocycles. The van der Waals surface area contributed by atoms with E-state index in [-0.39, 0.29) is 69.4 Å². The third kappa shape index (κ3) is 3.93. The molecule has 0 radical (unpaired) electrons. The molecule has 2 spiro atoms. The molecule has 7 rings (SSSR count). The van der Waals surface area contributed by atoms with Gasteiger partial charge in [0, 0.05) is 23.9 Å². The van der Waals surface area contributed by atoms with E-state index in [1.807, 2.05) is 13.8 Å². The number of fused-ring (bicyclic) bond motifs is 4. The molecule has 0 bridgehead atoms. The number of ether oxygens (including phenoxy) is 3. The maximum atomic E-state index is 12.8. The molecule has 0 aromatic carbocycles. The summed E-state index contributed by atoms with van der Waals surface area (Å²) >= 11 is 0. The van der Waals surface area contributed by atoms with Gasteiger partial charge in [-0.15, -0.1) is 0 Å². The van der Waals surface area contributed by atoms with E-state index in [2.05, 4.69) is 45.3 Å². The SMILES string of the molecule is CC(C)[C@@H](OC(N)=O)[C@H]1C[C@@H](C)[C@H]2[C@H](O1)[C@H](O)[C@@]1(C)[C@@H]3CC[C@H]4C(C)(C)[C@@H](OC(=O)NC5CNC5)CC[C@@]45C[C@@]35CC[C@]21C. The Kier molecular flexibility index (Phi) is 7.03. The number of nitrogens with two attached hydrogens (primary N) is 1. The molecule has 2 heterocycles. The molecular formula is C35H57N3O6. The zero-order chi connectivity index (χ0) is 31.6. The van der Waals surface area contributed by atoms with E-state index in [9.17, 15) is 14.7 Å². The Morgan fingerprint density at radius 1 is 1.02 bits per heavy atom. The highest BCUT2D eigenvalue weighted by atomic mass is 16.6. The van der Waals surface area contributed by atoms with E-state index < -0.39 is 18.3 Å². The molecule has 2 saturated heterocycles. The zero-order valence-electron chi connectivity index (χ0n) is 28.0. The summed E-state index contributed by atoms with van der Waals surface area (Å²) in [6.45, 7) is 17.6. The second-order valence-corrected chi connectivity index (χ2v) is 17.6. The maximum absolute atomic E-state index is 12.8. The Morgan fingerprint density at radius 3 is 2.34 bits per heavy atom. The number of rotatable bonds is 5. The minimum absolute atomic E-state index is 0.0316. The lowest BCUT2D eigenvalue weighted by Crippen LogP contribution is -2.60. The maximum Gasteiger partial charge on any atom is 0.407 e. The van der Waals surface area contributed by atoms with Gasteiger partial charge in [0.05, 0.1) is 24.4 Å². The molecule has 0 aromatic heterocycles. The highest BCUT2D eigenvalue weighted by Crippen LogP contribution is 2.89. The predicted octanol–water partition coefficient (Wildman–Crippen LogP) is 4.99. The highest BCUT2D eigenvalue weighted by molar-refractivity contribution is 5.68. The molecule has 5 aliphatic carbocycles. The number of carbonyl (C=O) groups is 2. The fourth-order valence-electron chi connectivity index (χ4n) is 13.2. The first-order chi connectivity index (χ1) is 20.6. The molecule has 44 heavy (non-hydrogen) atoms. The van der Waals surface area contributed by atoms with Gasteiger partial charge >= 0.3 is 12.2 Å². The first kappa shape index (κ1) is 31.0. The van der Waals surface area contributed by atoms with Gasteiger partial charge in [0.1, 0.15) is 12.2 Å². The Morgan fingerprint density at radius 2 is 1.70 bits per heavy atom. The summed E-state index contributed by atoms with van der Waals surface area (Å²) in [6, 6.07) is 0.176. The molecule has 7 aliphatic rings. The van der Waals surface area contributed by atoms with E-state index in [1.165, 1.54) is 12.8 Å². The van der Waals surface area contributed by atoms with E-state index in [1.54, 1.807) is 0 Å². The van der Waals surface area contributed by atoms with Crippen LogP contribution in [0.5, 0.6) is 0 Å². The van der Waals surface area contributed by atoms with Crippen LogP contribution in [0.25, 0.3) is 0 Å². The van der Waals surface area contributed by atoms with Crippen molar-refractivity contribution in [1.29, 1.82) is 0 Å². The summed E-state index contributed by atoms with van der Waals surface area (Å²) in [5, 5.41) is 18.7. The molecule has 248 valence electrons. The number of hydrogen-bond donors (Lipinski definition) is 4. The number of aliphatic hydroxyl groups excluding tert-OH is 1. The molecule has 9 nitrogen and oxygen atoms in total. The largest absolute Gasteiger partial charge is 0.446 e. The van der Waals surface area contributed by atoms with Crippen molar-refractivity contribution in [3.05, 3.63) is 0 Å². The Hall–Kier alpha value is -1.58. The summed E-state index contributed by atoms with van der Waals surface area (Å²) in [5.74, 6) is 1.61. The van der Waals surface area contributed by atoms with Gasteiger partial charge in [0.2, 0.25) is 0 Å². The van der Waals surface area contributed by atoms with Crippen molar-refractivity contribution in [2.75, 3.05) is 13.1 Å². The minimum Gasteiger partial charge on any atom is -0.446 e. The van der Waals surface area contributed by atoms with E-state index in [0.29, 0.717) is 17.8 Å². The van der Waals surface area contributed by atoms with Gasteiger partial charge in [-0.05, 0) is 97.2 Å². The van der Waals surface area contributed by atoms with Crippen LogP contribution in [0.1, 0.15) is 99.8 Å². The first-order valence-electron chi connectivity index (χ1n) is 17.6. The van der Waals surface area contributed by atoms with Crippen LogP contribution >= 0.6 is 0 Å². The Labute approximate surface area is 263 Å². The van der Waals surface area contributed by atoms with Gasteiger partial charge in [0.15, 0.2) is 0 Å². The average molecular weight is 616 g/mol. The quantitative estimate of drug-likeness (QED) is 0.343. The third-order valence-corrected chi connectivity index (χ3v) is 15.4. The topological polar surface area (TPSA) is 132 Å². The molecule has 5 N–H and O–H groups in total. The lowest BCUT2D eigenvalue weighted by molar-refractivity contribution is -0.184. The van der Waals surface area contributed by atoms with Crippen molar-refractivity contribution < 1.29 is 28.9 Å². The van der Waals surface area contributed by atoms with Crippen LogP contribution in [-0.2, 0) is 14.2 Å². The molecule has 9 heteroatoms. The second kappa shape index (κ2) is 9.96. The summed E-state index contributed by atoms with van der Waals surface area (Å²) in [5.41, 5.74) is 5.58. The van der Waals surface area contributed by atoms with Crippen molar-refractivity contribution >= 4 is 12.2 Å². The van der Waals surface area contributed by atoms with Crippen molar-refractivity contribution in [2.24, 2.45) is 62.4 Å².